The number of carboxylic acid groups (broad SMARTS) is 1. The summed E-state index contributed by atoms with van der Waals surface area (Å²) in [6.07, 6.45) is 0.100. The maximum atomic E-state index is 13.1. The van der Waals surface area contributed by atoms with Crippen molar-refractivity contribution in [3.05, 3.63) is 50.6 Å². The summed E-state index contributed by atoms with van der Waals surface area (Å²) in [6.45, 7) is 1.97. The van der Waals surface area contributed by atoms with Crippen LogP contribution in [0.5, 0.6) is 0 Å². The number of hydrogen-bond donors (Lipinski definition) is 4. The maximum absolute atomic E-state index is 13.1. The monoisotopic (exact) mass is 516 g/mol. The molecule has 0 spiro atoms. The number of hydrogen-bond acceptors (Lipinski definition) is 6. The van der Waals surface area contributed by atoms with Gasteiger partial charge in [-0.15, -0.1) is 11.3 Å². The number of aromatic nitrogens is 2. The molecule has 4 heterocycles. The van der Waals surface area contributed by atoms with Crippen molar-refractivity contribution in [3.63, 3.8) is 0 Å². The van der Waals surface area contributed by atoms with Crippen LogP contribution in [0, 0.1) is 0 Å². The third kappa shape index (κ3) is 4.97. The Morgan fingerprint density at radius 1 is 1.17 bits per heavy atom. The lowest BCUT2D eigenvalue weighted by atomic mass is 9.99. The Bertz CT molecular complexity index is 1310. The van der Waals surface area contributed by atoms with Crippen molar-refractivity contribution in [1.29, 1.82) is 0 Å². The Labute approximate surface area is 210 Å². The summed E-state index contributed by atoms with van der Waals surface area (Å²) in [5.74, 6) is -0.693. The van der Waals surface area contributed by atoms with Gasteiger partial charge >= 0.3 is 6.09 Å². The molecule has 35 heavy (non-hydrogen) atoms. The Hall–Kier alpha value is -3.15. The van der Waals surface area contributed by atoms with Gasteiger partial charge in [-0.1, -0.05) is 11.6 Å². The first-order valence-electron chi connectivity index (χ1n) is 11.3. The summed E-state index contributed by atoms with van der Waals surface area (Å²) in [5.41, 5.74) is 2.09. The number of thiazole rings is 1. The van der Waals surface area contributed by atoms with E-state index in [1.54, 1.807) is 24.3 Å². The Kier molecular flexibility index (Phi) is 6.39. The predicted octanol–water partition coefficient (Wildman–Crippen LogP) is 2.55. The number of rotatable bonds is 4. The fraction of sp³-hybridized carbons (Fsp3) is 0.391. The highest BCUT2D eigenvalue weighted by Crippen LogP contribution is 2.25. The number of carbonyl (C=O) groups excluding carboxylic acids is 2. The van der Waals surface area contributed by atoms with E-state index in [2.05, 4.69) is 25.5 Å². The molecule has 2 atom stereocenters. The molecule has 1 saturated heterocycles. The van der Waals surface area contributed by atoms with Crippen LogP contribution in [0.4, 0.5) is 4.79 Å². The molecule has 12 heteroatoms. The van der Waals surface area contributed by atoms with Crippen LogP contribution in [-0.4, -0.2) is 81.5 Å². The highest BCUT2D eigenvalue weighted by atomic mass is 35.5. The lowest BCUT2D eigenvalue weighted by molar-refractivity contribution is 0.0792. The molecule has 1 aromatic carbocycles. The molecule has 184 valence electrons. The van der Waals surface area contributed by atoms with Crippen LogP contribution in [0.3, 0.4) is 0 Å². The number of nitrogens with one attached hydrogen (secondary N) is 3. The van der Waals surface area contributed by atoms with E-state index in [0.717, 1.165) is 41.0 Å². The minimum Gasteiger partial charge on any atom is -0.465 e. The van der Waals surface area contributed by atoms with E-state index in [9.17, 15) is 19.5 Å². The van der Waals surface area contributed by atoms with Crippen molar-refractivity contribution in [2.45, 2.75) is 31.5 Å². The number of nitrogens with zero attached hydrogens (tertiary/aromatic N) is 3. The van der Waals surface area contributed by atoms with Gasteiger partial charge < -0.3 is 30.5 Å². The van der Waals surface area contributed by atoms with Crippen LogP contribution in [0.2, 0.25) is 5.02 Å². The van der Waals surface area contributed by atoms with Gasteiger partial charge in [-0.3, -0.25) is 9.59 Å². The number of likely N-dealkylation sites (tertiary alicyclic amines) is 1. The molecule has 5 rings (SSSR count). The SMILES string of the molecule is CN1CCc2nc(C(=O)N[C@@H]3CN(C(=O)O)CC[C@H]3NC(=O)c3cc4cc(Cl)ccc4[nH]3)sc2C1. The van der Waals surface area contributed by atoms with E-state index >= 15 is 0 Å². The molecule has 0 saturated carbocycles. The molecule has 0 radical (unpaired) electrons. The molecule has 4 N–H and O–H groups in total. The number of aromatic amines is 1. The van der Waals surface area contributed by atoms with Crippen LogP contribution in [0.1, 0.15) is 37.3 Å². The average molecular weight is 517 g/mol. The number of piperidine rings is 1. The van der Waals surface area contributed by atoms with Gasteiger partial charge in [0, 0.05) is 53.4 Å². The normalized spacial score (nSPS) is 20.5. The number of H-pyrrole nitrogens is 1. The summed E-state index contributed by atoms with van der Waals surface area (Å²) in [6, 6.07) is 5.98. The van der Waals surface area contributed by atoms with Gasteiger partial charge in [-0.25, -0.2) is 9.78 Å². The van der Waals surface area contributed by atoms with Crippen LogP contribution in [-0.2, 0) is 13.0 Å². The van der Waals surface area contributed by atoms with Gasteiger partial charge in [0.2, 0.25) is 0 Å². The van der Waals surface area contributed by atoms with Crippen molar-refractivity contribution >= 4 is 51.7 Å². The zero-order valence-electron chi connectivity index (χ0n) is 19.0. The van der Waals surface area contributed by atoms with Gasteiger partial charge in [0.1, 0.15) is 5.69 Å². The summed E-state index contributed by atoms with van der Waals surface area (Å²) >= 11 is 7.41. The zero-order valence-corrected chi connectivity index (χ0v) is 20.6. The molecule has 1 fully saturated rings. The van der Waals surface area contributed by atoms with Crippen molar-refractivity contribution in [2.75, 3.05) is 26.7 Å². The topological polar surface area (TPSA) is 131 Å². The van der Waals surface area contributed by atoms with E-state index in [4.69, 9.17) is 11.6 Å². The molecule has 0 unspecified atom stereocenters. The van der Waals surface area contributed by atoms with Gasteiger partial charge in [-0.05, 0) is 37.7 Å². The molecular weight excluding hydrogens is 492 g/mol. The predicted molar refractivity (Wildman–Crippen MR) is 132 cm³/mol. The van der Waals surface area contributed by atoms with Crippen LogP contribution in [0.15, 0.2) is 24.3 Å². The number of amides is 3. The third-order valence-corrected chi connectivity index (χ3v) is 7.78. The van der Waals surface area contributed by atoms with E-state index in [1.807, 2.05) is 7.05 Å². The number of likely N-dealkylation sites (N-methyl/N-ethyl adjacent to an activating group) is 1. The van der Waals surface area contributed by atoms with Crippen molar-refractivity contribution < 1.29 is 19.5 Å². The molecule has 2 aromatic heterocycles. The second-order valence-electron chi connectivity index (χ2n) is 8.97. The van der Waals surface area contributed by atoms with Crippen molar-refractivity contribution in [3.8, 4) is 0 Å². The van der Waals surface area contributed by atoms with E-state index in [-0.39, 0.29) is 24.9 Å². The molecule has 0 bridgehead atoms. The van der Waals surface area contributed by atoms with E-state index in [1.165, 1.54) is 16.2 Å². The highest BCUT2D eigenvalue weighted by Gasteiger charge is 2.35. The molecular formula is C23H25ClN6O4S. The van der Waals surface area contributed by atoms with Crippen LogP contribution in [0.25, 0.3) is 10.9 Å². The number of halogens is 1. The molecule has 10 nitrogen and oxygen atoms in total. The van der Waals surface area contributed by atoms with Gasteiger partial charge in [0.15, 0.2) is 5.01 Å². The Morgan fingerprint density at radius 3 is 2.77 bits per heavy atom. The molecule has 0 aliphatic carbocycles. The fourth-order valence-electron chi connectivity index (χ4n) is 4.57. The fourth-order valence-corrected chi connectivity index (χ4v) is 5.84. The van der Waals surface area contributed by atoms with Gasteiger partial charge in [-0.2, -0.15) is 0 Å². The zero-order chi connectivity index (χ0) is 24.7. The average Bonchev–Trinajstić information content (AvgIpc) is 3.43. The second-order valence-corrected chi connectivity index (χ2v) is 10.5. The third-order valence-electron chi connectivity index (χ3n) is 6.46. The molecule has 3 amide bonds. The summed E-state index contributed by atoms with van der Waals surface area (Å²) in [7, 11) is 2.03. The summed E-state index contributed by atoms with van der Waals surface area (Å²) in [4.78, 5) is 49.8. The number of fused-ring (bicyclic) bond motifs is 2. The lowest BCUT2D eigenvalue weighted by Gasteiger charge is -2.37. The number of carbonyl (C=O) groups is 3. The van der Waals surface area contributed by atoms with Crippen molar-refractivity contribution in [1.82, 2.24) is 30.4 Å². The minimum absolute atomic E-state index is 0.0716. The standard InChI is InChI=1S/C23H25ClN6O4S/c1-29-6-4-16-19(11-29)35-22(28-16)21(32)27-18-10-30(23(33)34)7-5-15(18)26-20(31)17-9-12-8-13(24)2-3-14(12)25-17/h2-3,8-9,15,18,25H,4-7,10-11H2,1H3,(H,26,31)(H,27,32)(H,33,34)/t15-,18-/m1/s1. The number of benzene rings is 1. The highest BCUT2D eigenvalue weighted by molar-refractivity contribution is 7.13. The van der Waals surface area contributed by atoms with Gasteiger partial charge in [0.05, 0.1) is 17.8 Å². The molecule has 2 aliphatic rings. The van der Waals surface area contributed by atoms with Crippen molar-refractivity contribution in [2.24, 2.45) is 0 Å². The summed E-state index contributed by atoms with van der Waals surface area (Å²) in [5, 5.41) is 17.1. The minimum atomic E-state index is -1.06. The Balaban J connectivity index is 1.32. The quantitative estimate of drug-likeness (QED) is 0.421. The van der Waals surface area contributed by atoms with Crippen LogP contribution < -0.4 is 10.6 Å². The van der Waals surface area contributed by atoms with Gasteiger partial charge in [0.25, 0.3) is 11.8 Å². The summed E-state index contributed by atoms with van der Waals surface area (Å²) < 4.78 is 0. The van der Waals surface area contributed by atoms with E-state index in [0.29, 0.717) is 22.1 Å². The Morgan fingerprint density at radius 2 is 1.97 bits per heavy atom. The van der Waals surface area contributed by atoms with Crippen LogP contribution >= 0.6 is 22.9 Å². The lowest BCUT2D eigenvalue weighted by Crippen LogP contribution is -2.61. The maximum Gasteiger partial charge on any atom is 0.407 e. The largest absolute Gasteiger partial charge is 0.465 e. The first-order chi connectivity index (χ1) is 16.8. The first kappa shape index (κ1) is 23.6. The molecule has 3 aromatic rings. The second kappa shape index (κ2) is 9.48. The smallest absolute Gasteiger partial charge is 0.407 e. The molecule has 2 aliphatic heterocycles. The van der Waals surface area contributed by atoms with E-state index < -0.39 is 18.2 Å². The first-order valence-corrected chi connectivity index (χ1v) is 12.5.